The van der Waals surface area contributed by atoms with Crippen LogP contribution in [0.15, 0.2) is 47.6 Å². The number of nitrogens with zero attached hydrogens (tertiary/aromatic N) is 2. The summed E-state index contributed by atoms with van der Waals surface area (Å²) in [6, 6.07) is 12.2. The van der Waals surface area contributed by atoms with E-state index in [0.717, 1.165) is 11.3 Å². The van der Waals surface area contributed by atoms with Crippen LogP contribution in [0.4, 0.5) is 0 Å². The molecule has 8 heteroatoms. The maximum atomic E-state index is 12.4. The largest absolute Gasteiger partial charge is 0.497 e. The zero-order valence-electron chi connectivity index (χ0n) is 15.7. The van der Waals surface area contributed by atoms with Crippen LogP contribution in [0, 0.1) is 5.92 Å². The minimum Gasteiger partial charge on any atom is -0.497 e. The molecule has 1 unspecified atom stereocenters. The predicted octanol–water partition coefficient (Wildman–Crippen LogP) is 3.73. The van der Waals surface area contributed by atoms with E-state index in [2.05, 4.69) is 10.4 Å². The molecule has 0 aliphatic carbocycles. The van der Waals surface area contributed by atoms with Crippen LogP contribution in [0.5, 0.6) is 11.5 Å². The molecule has 146 valence electrons. The molecular weight excluding hydrogens is 398 g/mol. The lowest BCUT2D eigenvalue weighted by molar-refractivity contribution is 0.0973. The Morgan fingerprint density at radius 2 is 1.93 bits per heavy atom. The Balaban J connectivity index is 1.77. The smallest absolute Gasteiger partial charge is 0.257 e. The molecule has 2 aromatic carbocycles. The van der Waals surface area contributed by atoms with Crippen molar-refractivity contribution in [1.82, 2.24) is 10.3 Å². The van der Waals surface area contributed by atoms with Gasteiger partial charge in [0, 0.05) is 28.1 Å². The second kappa shape index (κ2) is 8.58. The summed E-state index contributed by atoms with van der Waals surface area (Å²) in [5.41, 5.74) is 2.17. The summed E-state index contributed by atoms with van der Waals surface area (Å²) in [7, 11) is 3.21. The first kappa shape index (κ1) is 20.1. The monoisotopic (exact) mass is 417 g/mol. The average molecular weight is 418 g/mol. The molecule has 0 bridgehead atoms. The molecule has 0 spiro atoms. The Hall–Kier alpha value is -2.64. The van der Waals surface area contributed by atoms with Gasteiger partial charge in [0.2, 0.25) is 0 Å². The maximum Gasteiger partial charge on any atom is 0.257 e. The maximum absolute atomic E-state index is 12.4. The molecule has 0 saturated carbocycles. The van der Waals surface area contributed by atoms with Gasteiger partial charge in [0.15, 0.2) is 5.11 Å². The lowest BCUT2D eigenvalue weighted by Gasteiger charge is -2.16. The second-order valence-corrected chi connectivity index (χ2v) is 7.12. The molecule has 28 heavy (non-hydrogen) atoms. The highest BCUT2D eigenvalue weighted by Crippen LogP contribution is 2.30. The number of rotatable bonds is 4. The lowest BCUT2D eigenvalue weighted by atomic mass is 9.98. The number of halogens is 1. The van der Waals surface area contributed by atoms with Crippen molar-refractivity contribution in [3.63, 3.8) is 0 Å². The molecule has 6 nitrogen and oxygen atoms in total. The fourth-order valence-electron chi connectivity index (χ4n) is 2.91. The summed E-state index contributed by atoms with van der Waals surface area (Å²) < 4.78 is 10.7. The second-order valence-electron chi connectivity index (χ2n) is 6.30. The van der Waals surface area contributed by atoms with E-state index in [0.29, 0.717) is 28.6 Å². The lowest BCUT2D eigenvalue weighted by Crippen LogP contribution is -2.39. The van der Waals surface area contributed by atoms with E-state index >= 15 is 0 Å². The fourth-order valence-corrected chi connectivity index (χ4v) is 3.24. The summed E-state index contributed by atoms with van der Waals surface area (Å²) in [6.45, 7) is 2.61. The van der Waals surface area contributed by atoms with Crippen LogP contribution in [-0.4, -0.2) is 42.5 Å². The van der Waals surface area contributed by atoms with Gasteiger partial charge in [0.05, 0.1) is 26.5 Å². The molecule has 2 aromatic rings. The number of methoxy groups -OCH3 is 2. The number of nitrogens with one attached hydrogen (secondary N) is 1. The van der Waals surface area contributed by atoms with Gasteiger partial charge in [0.25, 0.3) is 5.91 Å². The van der Waals surface area contributed by atoms with E-state index in [1.54, 1.807) is 43.5 Å². The highest BCUT2D eigenvalue weighted by molar-refractivity contribution is 7.80. The van der Waals surface area contributed by atoms with E-state index in [1.165, 1.54) is 0 Å². The topological polar surface area (TPSA) is 63.2 Å². The molecule has 1 amide bonds. The molecule has 1 aliphatic heterocycles. The number of hydrogen-bond acceptors (Lipinski definition) is 5. The van der Waals surface area contributed by atoms with Gasteiger partial charge in [-0.05, 0) is 48.6 Å². The van der Waals surface area contributed by atoms with Gasteiger partial charge in [-0.1, -0.05) is 18.5 Å². The third kappa shape index (κ3) is 4.26. The van der Waals surface area contributed by atoms with Crippen LogP contribution in [0.3, 0.4) is 0 Å². The van der Waals surface area contributed by atoms with Gasteiger partial charge in [-0.2, -0.15) is 5.10 Å². The first-order valence-corrected chi connectivity index (χ1v) is 9.41. The van der Waals surface area contributed by atoms with Crippen LogP contribution in [0.2, 0.25) is 5.02 Å². The Morgan fingerprint density at radius 1 is 1.21 bits per heavy atom. The van der Waals surface area contributed by atoms with Crippen LogP contribution >= 0.6 is 23.8 Å². The third-order valence-corrected chi connectivity index (χ3v) is 4.95. The summed E-state index contributed by atoms with van der Waals surface area (Å²) >= 11 is 11.2. The Kier molecular flexibility index (Phi) is 6.16. The van der Waals surface area contributed by atoms with E-state index in [-0.39, 0.29) is 16.9 Å². The normalized spacial score (nSPS) is 15.8. The van der Waals surface area contributed by atoms with E-state index in [4.69, 9.17) is 33.3 Å². The van der Waals surface area contributed by atoms with Gasteiger partial charge >= 0.3 is 0 Å². The molecule has 0 radical (unpaired) electrons. The quantitative estimate of drug-likeness (QED) is 0.768. The first-order chi connectivity index (χ1) is 13.4. The summed E-state index contributed by atoms with van der Waals surface area (Å²) in [5, 5.41) is 9.76. The molecule has 1 atom stereocenters. The van der Waals surface area contributed by atoms with Crippen molar-refractivity contribution in [3.05, 3.63) is 58.6 Å². The highest BCUT2D eigenvalue weighted by Gasteiger charge is 2.29. The van der Waals surface area contributed by atoms with Gasteiger partial charge in [-0.15, -0.1) is 0 Å². The van der Waals surface area contributed by atoms with Crippen molar-refractivity contribution in [2.75, 3.05) is 20.8 Å². The van der Waals surface area contributed by atoms with Gasteiger partial charge in [0.1, 0.15) is 11.5 Å². The van der Waals surface area contributed by atoms with Crippen LogP contribution in [0.25, 0.3) is 0 Å². The number of thiocarbonyl (C=S) groups is 1. The number of benzene rings is 2. The highest BCUT2D eigenvalue weighted by atomic mass is 35.5. The standard InChI is InChI=1S/C20H20ClN3O3S/c1-12-11-24(20(28)22-19(25)13-4-6-14(21)7-5-13)23-18(12)16-9-8-15(26-2)10-17(16)27-3/h4-10,12H,11H2,1-3H3,(H,22,25,28). The number of ether oxygens (including phenoxy) is 2. The zero-order valence-corrected chi connectivity index (χ0v) is 17.3. The van der Waals surface area contributed by atoms with Crippen LogP contribution < -0.4 is 14.8 Å². The summed E-state index contributed by atoms with van der Waals surface area (Å²) in [4.78, 5) is 12.4. The third-order valence-electron chi connectivity index (χ3n) is 4.39. The Morgan fingerprint density at radius 3 is 2.57 bits per heavy atom. The van der Waals surface area contributed by atoms with Crippen LogP contribution in [-0.2, 0) is 0 Å². The molecule has 0 aromatic heterocycles. The van der Waals surface area contributed by atoms with Crippen molar-refractivity contribution < 1.29 is 14.3 Å². The van der Waals surface area contributed by atoms with Gasteiger partial charge in [-0.3, -0.25) is 10.1 Å². The molecule has 0 fully saturated rings. The zero-order chi connectivity index (χ0) is 20.3. The number of carbonyl (C=O) groups is 1. The molecule has 0 saturated heterocycles. The van der Waals surface area contributed by atoms with Crippen molar-refractivity contribution in [2.45, 2.75) is 6.92 Å². The molecule has 3 rings (SSSR count). The predicted molar refractivity (Wildman–Crippen MR) is 113 cm³/mol. The van der Waals surface area contributed by atoms with Crippen molar-refractivity contribution in [3.8, 4) is 11.5 Å². The molecule has 1 N–H and O–H groups in total. The van der Waals surface area contributed by atoms with E-state index in [9.17, 15) is 4.79 Å². The number of hydrogen-bond donors (Lipinski definition) is 1. The minimum atomic E-state index is -0.306. The average Bonchev–Trinajstić information content (AvgIpc) is 3.09. The molecular formula is C20H20ClN3O3S. The van der Waals surface area contributed by atoms with Crippen LogP contribution in [0.1, 0.15) is 22.8 Å². The Bertz CT molecular complexity index is 931. The summed E-state index contributed by atoms with van der Waals surface area (Å²) in [6.07, 6.45) is 0. The fraction of sp³-hybridized carbons (Fsp3) is 0.250. The van der Waals surface area contributed by atoms with Crippen molar-refractivity contribution in [2.24, 2.45) is 11.0 Å². The summed E-state index contributed by atoms with van der Waals surface area (Å²) in [5.74, 6) is 1.17. The van der Waals surface area contributed by atoms with E-state index < -0.39 is 0 Å². The number of hydrazone groups is 1. The SMILES string of the molecule is COc1ccc(C2=NN(C(=S)NC(=O)c3ccc(Cl)cc3)CC2C)c(OC)c1. The molecule has 1 heterocycles. The van der Waals surface area contributed by atoms with Crippen molar-refractivity contribution >= 4 is 40.6 Å². The van der Waals surface area contributed by atoms with E-state index in [1.807, 2.05) is 25.1 Å². The Labute approximate surface area is 174 Å². The molecule has 1 aliphatic rings. The van der Waals surface area contributed by atoms with Gasteiger partial charge < -0.3 is 9.47 Å². The number of amides is 1. The minimum absolute atomic E-state index is 0.104. The van der Waals surface area contributed by atoms with Crippen molar-refractivity contribution in [1.29, 1.82) is 0 Å². The number of carbonyl (C=O) groups excluding carboxylic acids is 1. The first-order valence-electron chi connectivity index (χ1n) is 8.62. The van der Waals surface area contributed by atoms with Gasteiger partial charge in [-0.25, -0.2) is 5.01 Å².